The number of ketones is 1. The molecule has 0 heterocycles. The molecule has 0 bridgehead atoms. The van der Waals surface area contributed by atoms with Gasteiger partial charge in [0.15, 0.2) is 12.9 Å². The van der Waals surface area contributed by atoms with Gasteiger partial charge in [0, 0.05) is 23.8 Å². The van der Waals surface area contributed by atoms with Crippen LogP contribution < -0.4 is 21.2 Å². The molecule has 0 amide bonds. The number of carbonyl (C=O) groups excluding carboxylic acids is 1. The van der Waals surface area contributed by atoms with Crippen molar-refractivity contribution in [1.82, 2.24) is 0 Å². The lowest BCUT2D eigenvalue weighted by molar-refractivity contribution is -0.578. The summed E-state index contributed by atoms with van der Waals surface area (Å²) < 4.78 is 2.80. The molecule has 0 aliphatic heterocycles. The molecule has 20 heavy (non-hydrogen) atoms. The molecule has 0 N–H and O–H groups in total. The van der Waals surface area contributed by atoms with Crippen molar-refractivity contribution >= 4 is 5.78 Å². The molecule has 1 aromatic carbocycles. The Morgan fingerprint density at radius 2 is 1.80 bits per heavy atom. The fourth-order valence-corrected chi connectivity index (χ4v) is 4.92. The summed E-state index contributed by atoms with van der Waals surface area (Å²) in [7, 11) is 0. The summed E-state index contributed by atoms with van der Waals surface area (Å²) >= 11 is -0.222. The van der Waals surface area contributed by atoms with Crippen LogP contribution >= 0.6 is 0 Å². The lowest BCUT2D eigenvalue weighted by Crippen LogP contribution is -3.61. The number of carbonyl (C=O) groups is 1. The van der Waals surface area contributed by atoms with Gasteiger partial charge in [-0.1, -0.05) is 50.6 Å². The van der Waals surface area contributed by atoms with Gasteiger partial charge in [0.1, 0.15) is 0 Å². The second-order valence-corrected chi connectivity index (χ2v) is 9.37. The Balaban J connectivity index is 2.32. The molecule has 1 aromatic rings. The van der Waals surface area contributed by atoms with Gasteiger partial charge in [0.05, 0.1) is 0 Å². The molecule has 1 aliphatic carbocycles. The summed E-state index contributed by atoms with van der Waals surface area (Å²) in [5, 5.41) is 0. The highest BCUT2D eigenvalue weighted by atomic mass is 127. The van der Waals surface area contributed by atoms with E-state index < -0.39 is 0 Å². The zero-order chi connectivity index (χ0) is 14.8. The molecule has 1 aliphatic rings. The maximum atomic E-state index is 12.7. The molecular weight excluding hydrogens is 359 g/mol. The molecule has 0 saturated carbocycles. The van der Waals surface area contributed by atoms with Gasteiger partial charge in [-0.05, 0) is 19.1 Å². The van der Waals surface area contributed by atoms with E-state index in [0.717, 1.165) is 18.4 Å². The number of benzene rings is 1. The van der Waals surface area contributed by atoms with Crippen molar-refractivity contribution in [2.45, 2.75) is 40.5 Å². The second kappa shape index (κ2) is 6.25. The highest BCUT2D eigenvalue weighted by Crippen LogP contribution is 2.28. The quantitative estimate of drug-likeness (QED) is 0.574. The third kappa shape index (κ3) is 3.81. The van der Waals surface area contributed by atoms with Crippen LogP contribution in [0.1, 0.15) is 40.5 Å². The monoisotopic (exact) mass is 381 g/mol. The molecule has 2 heteroatoms. The van der Waals surface area contributed by atoms with Crippen LogP contribution in [0, 0.1) is 8.99 Å². The molecule has 0 fully saturated rings. The summed E-state index contributed by atoms with van der Waals surface area (Å²) in [5.74, 6) is 0.329. The van der Waals surface area contributed by atoms with E-state index in [0.29, 0.717) is 5.78 Å². The second-order valence-electron chi connectivity index (χ2n) is 6.28. The fourth-order valence-electron chi connectivity index (χ4n) is 2.20. The van der Waals surface area contributed by atoms with Gasteiger partial charge in [-0.2, -0.15) is 0 Å². The van der Waals surface area contributed by atoms with Crippen molar-refractivity contribution in [1.29, 1.82) is 0 Å². The molecule has 0 radical (unpaired) electrons. The standard InChI is InChI=1S/C18H22IO/c1-13-10-11-16(19-14-8-6-5-7-9-14)15(12-13)17(20)18(2,3)4/h5-10H,11-12H2,1-4H3/q+1. The van der Waals surface area contributed by atoms with Crippen molar-refractivity contribution in [3.05, 3.63) is 54.7 Å². The first-order valence-electron chi connectivity index (χ1n) is 7.00. The van der Waals surface area contributed by atoms with Crippen LogP contribution in [0.25, 0.3) is 0 Å². The first-order valence-corrected chi connectivity index (χ1v) is 9.16. The molecule has 106 valence electrons. The smallest absolute Gasteiger partial charge is 0.294 e. The molecule has 0 atom stereocenters. The summed E-state index contributed by atoms with van der Waals surface area (Å²) in [4.78, 5) is 12.7. The van der Waals surface area contributed by atoms with E-state index in [-0.39, 0.29) is 26.6 Å². The molecule has 0 aromatic heterocycles. The number of hydrogen-bond acceptors (Lipinski definition) is 1. The fraction of sp³-hybridized carbons (Fsp3) is 0.389. The van der Waals surface area contributed by atoms with E-state index in [1.807, 2.05) is 26.8 Å². The Morgan fingerprint density at radius 3 is 2.40 bits per heavy atom. The molecular formula is C18H22IO+. The van der Waals surface area contributed by atoms with Crippen LogP contribution in [-0.4, -0.2) is 5.78 Å². The summed E-state index contributed by atoms with van der Waals surface area (Å²) in [5.41, 5.74) is 2.14. The molecule has 2 rings (SSSR count). The van der Waals surface area contributed by atoms with E-state index in [9.17, 15) is 4.79 Å². The molecule has 0 saturated heterocycles. The minimum absolute atomic E-state index is 0.222. The largest absolute Gasteiger partial charge is 0.353 e. The Morgan fingerprint density at radius 1 is 1.15 bits per heavy atom. The minimum Gasteiger partial charge on any atom is -0.294 e. The Hall–Kier alpha value is -0.900. The number of hydrogen-bond donors (Lipinski definition) is 0. The Kier molecular flexibility index (Phi) is 4.84. The lowest BCUT2D eigenvalue weighted by Gasteiger charge is -2.21. The highest BCUT2D eigenvalue weighted by molar-refractivity contribution is 6.00. The van der Waals surface area contributed by atoms with Gasteiger partial charge in [-0.25, -0.2) is 0 Å². The maximum absolute atomic E-state index is 12.7. The predicted octanol–water partition coefficient (Wildman–Crippen LogP) is 1.55. The van der Waals surface area contributed by atoms with Crippen LogP contribution in [0.15, 0.2) is 51.1 Å². The zero-order valence-corrected chi connectivity index (χ0v) is 14.8. The topological polar surface area (TPSA) is 17.1 Å². The van der Waals surface area contributed by atoms with Crippen LogP contribution in [0.2, 0.25) is 0 Å². The van der Waals surface area contributed by atoms with Crippen LogP contribution in [-0.2, 0) is 4.79 Å². The number of Topliss-reactive ketones (excluding diaryl/α,β-unsaturated/α-hetero) is 1. The van der Waals surface area contributed by atoms with E-state index in [2.05, 4.69) is 37.3 Å². The first kappa shape index (κ1) is 15.5. The first-order chi connectivity index (χ1) is 9.38. The predicted molar refractivity (Wildman–Crippen MR) is 79.6 cm³/mol. The minimum atomic E-state index is -0.279. The van der Waals surface area contributed by atoms with Crippen LogP contribution in [0.4, 0.5) is 0 Å². The number of allylic oxidation sites excluding steroid dienone is 4. The normalized spacial score (nSPS) is 16.1. The van der Waals surface area contributed by atoms with Gasteiger partial charge in [-0.15, -0.1) is 0 Å². The SMILES string of the molecule is CC1=CCC([I+]c2ccccc2)=C(C(=O)C(C)(C)C)C1. The Labute approximate surface area is 132 Å². The van der Waals surface area contributed by atoms with Crippen LogP contribution in [0.5, 0.6) is 0 Å². The van der Waals surface area contributed by atoms with Crippen molar-refractivity contribution in [3.8, 4) is 0 Å². The summed E-state index contributed by atoms with van der Waals surface area (Å²) in [6.45, 7) is 8.20. The van der Waals surface area contributed by atoms with E-state index >= 15 is 0 Å². The van der Waals surface area contributed by atoms with Gasteiger partial charge >= 0.3 is 21.2 Å². The number of halogens is 1. The van der Waals surface area contributed by atoms with E-state index in [4.69, 9.17) is 0 Å². The van der Waals surface area contributed by atoms with E-state index in [1.54, 1.807) is 0 Å². The summed E-state index contributed by atoms with van der Waals surface area (Å²) in [6, 6.07) is 10.6. The maximum Gasteiger partial charge on any atom is 0.353 e. The van der Waals surface area contributed by atoms with Crippen molar-refractivity contribution in [3.63, 3.8) is 0 Å². The van der Waals surface area contributed by atoms with E-state index in [1.165, 1.54) is 12.7 Å². The van der Waals surface area contributed by atoms with Gasteiger partial charge < -0.3 is 0 Å². The molecule has 0 spiro atoms. The van der Waals surface area contributed by atoms with Crippen molar-refractivity contribution < 1.29 is 26.0 Å². The highest BCUT2D eigenvalue weighted by Gasteiger charge is 2.34. The van der Waals surface area contributed by atoms with Gasteiger partial charge in [-0.3, -0.25) is 4.79 Å². The number of rotatable bonds is 3. The van der Waals surface area contributed by atoms with Crippen molar-refractivity contribution in [2.75, 3.05) is 0 Å². The molecule has 1 nitrogen and oxygen atoms in total. The van der Waals surface area contributed by atoms with Gasteiger partial charge in [0.25, 0.3) is 0 Å². The lowest BCUT2D eigenvalue weighted by atomic mass is 9.82. The third-order valence-corrected chi connectivity index (χ3v) is 6.41. The van der Waals surface area contributed by atoms with Crippen LogP contribution in [0.3, 0.4) is 0 Å². The average molecular weight is 381 g/mol. The Bertz CT molecular complexity index is 559. The van der Waals surface area contributed by atoms with Crippen molar-refractivity contribution in [2.24, 2.45) is 5.41 Å². The van der Waals surface area contributed by atoms with Gasteiger partial charge in [0.2, 0.25) is 0 Å². The summed E-state index contributed by atoms with van der Waals surface area (Å²) in [6.07, 6.45) is 4.10. The zero-order valence-electron chi connectivity index (χ0n) is 12.7. The average Bonchev–Trinajstić information content (AvgIpc) is 2.40. The molecule has 0 unspecified atom stereocenters. The third-order valence-electron chi connectivity index (χ3n) is 3.32.